The molecule has 1 aliphatic heterocycles. The number of urea groups is 1. The summed E-state index contributed by atoms with van der Waals surface area (Å²) in [5, 5.41) is 3.62. The van der Waals surface area contributed by atoms with E-state index in [1.54, 1.807) is 17.0 Å². The Balaban J connectivity index is 1.44. The molecule has 2 aromatic rings. The molecule has 1 aliphatic rings. The van der Waals surface area contributed by atoms with Gasteiger partial charge in [-0.15, -0.1) is 0 Å². The molecule has 1 heterocycles. The molecule has 1 saturated heterocycles. The van der Waals surface area contributed by atoms with E-state index in [1.165, 1.54) is 5.56 Å². The average molecular weight is 386 g/mol. The predicted octanol–water partition coefficient (Wildman–Crippen LogP) is 3.24. The molecule has 2 aromatic carbocycles. The molecule has 1 N–H and O–H groups in total. The summed E-state index contributed by atoms with van der Waals surface area (Å²) >= 11 is 5.88. The molecule has 1 fully saturated rings. The maximum absolute atomic E-state index is 12.4. The Morgan fingerprint density at radius 3 is 2.30 bits per heavy atom. The first-order chi connectivity index (χ1) is 13.0. The standard InChI is InChI=1S/C21H24ClN3O2/c1-16-3-2-4-18(13-16)15-23-21(27)25-11-9-24(10-12-25)20(26)14-17-5-7-19(22)8-6-17/h2-8,13H,9-12,14-15H2,1H3,(H,23,27). The van der Waals surface area contributed by atoms with Crippen molar-refractivity contribution in [3.63, 3.8) is 0 Å². The zero-order valence-corrected chi connectivity index (χ0v) is 16.2. The number of benzene rings is 2. The molecule has 142 valence electrons. The van der Waals surface area contributed by atoms with E-state index in [9.17, 15) is 9.59 Å². The van der Waals surface area contributed by atoms with Crippen LogP contribution in [0.1, 0.15) is 16.7 Å². The van der Waals surface area contributed by atoms with Gasteiger partial charge in [-0.05, 0) is 30.2 Å². The molecule has 0 saturated carbocycles. The van der Waals surface area contributed by atoms with Crippen LogP contribution in [-0.4, -0.2) is 47.9 Å². The molecule has 0 aliphatic carbocycles. The van der Waals surface area contributed by atoms with Crippen LogP contribution in [0.3, 0.4) is 0 Å². The second-order valence-corrected chi connectivity index (χ2v) is 7.26. The summed E-state index contributed by atoms with van der Waals surface area (Å²) in [6.07, 6.45) is 0.358. The van der Waals surface area contributed by atoms with Gasteiger partial charge in [0.15, 0.2) is 0 Å². The Kier molecular flexibility index (Phi) is 6.35. The number of rotatable bonds is 4. The average Bonchev–Trinajstić information content (AvgIpc) is 2.68. The van der Waals surface area contributed by atoms with E-state index in [-0.39, 0.29) is 11.9 Å². The highest BCUT2D eigenvalue weighted by Crippen LogP contribution is 2.12. The van der Waals surface area contributed by atoms with Crippen LogP contribution in [0, 0.1) is 6.92 Å². The molecule has 0 unspecified atom stereocenters. The van der Waals surface area contributed by atoms with Gasteiger partial charge in [-0.1, -0.05) is 53.6 Å². The van der Waals surface area contributed by atoms with Crippen molar-refractivity contribution in [2.24, 2.45) is 0 Å². The van der Waals surface area contributed by atoms with E-state index < -0.39 is 0 Å². The van der Waals surface area contributed by atoms with E-state index in [4.69, 9.17) is 11.6 Å². The van der Waals surface area contributed by atoms with Crippen LogP contribution in [0.15, 0.2) is 48.5 Å². The minimum Gasteiger partial charge on any atom is -0.339 e. The van der Waals surface area contributed by atoms with Gasteiger partial charge in [0.05, 0.1) is 6.42 Å². The number of carbonyl (C=O) groups excluding carboxylic acids is 2. The van der Waals surface area contributed by atoms with Crippen LogP contribution in [0.4, 0.5) is 4.79 Å². The Bertz CT molecular complexity index is 799. The summed E-state index contributed by atoms with van der Waals surface area (Å²) in [5.74, 6) is 0.0807. The van der Waals surface area contributed by atoms with Crippen molar-refractivity contribution >= 4 is 23.5 Å². The molecular weight excluding hydrogens is 362 g/mol. The SMILES string of the molecule is Cc1cccc(CNC(=O)N2CCN(C(=O)Cc3ccc(Cl)cc3)CC2)c1. The number of nitrogens with one attached hydrogen (secondary N) is 1. The highest BCUT2D eigenvalue weighted by Gasteiger charge is 2.24. The first-order valence-corrected chi connectivity index (χ1v) is 9.49. The molecule has 0 radical (unpaired) electrons. The van der Waals surface area contributed by atoms with E-state index in [1.807, 2.05) is 42.2 Å². The van der Waals surface area contributed by atoms with Crippen LogP contribution < -0.4 is 5.32 Å². The summed E-state index contributed by atoms with van der Waals surface area (Å²) < 4.78 is 0. The lowest BCUT2D eigenvalue weighted by atomic mass is 10.1. The molecule has 0 bridgehead atoms. The van der Waals surface area contributed by atoms with Crippen molar-refractivity contribution in [3.8, 4) is 0 Å². The van der Waals surface area contributed by atoms with Gasteiger partial charge in [0, 0.05) is 37.7 Å². The number of hydrogen-bond acceptors (Lipinski definition) is 2. The fraction of sp³-hybridized carbons (Fsp3) is 0.333. The molecule has 0 aromatic heterocycles. The van der Waals surface area contributed by atoms with E-state index in [0.717, 1.165) is 11.1 Å². The predicted molar refractivity (Wildman–Crippen MR) is 107 cm³/mol. The lowest BCUT2D eigenvalue weighted by Crippen LogP contribution is -2.53. The number of piperazine rings is 1. The molecule has 3 amide bonds. The smallest absolute Gasteiger partial charge is 0.317 e. The van der Waals surface area contributed by atoms with Gasteiger partial charge in [-0.2, -0.15) is 0 Å². The van der Waals surface area contributed by atoms with Gasteiger partial charge >= 0.3 is 6.03 Å². The van der Waals surface area contributed by atoms with Crippen molar-refractivity contribution in [2.45, 2.75) is 19.9 Å². The van der Waals surface area contributed by atoms with Crippen LogP contribution in [0.25, 0.3) is 0 Å². The summed E-state index contributed by atoms with van der Waals surface area (Å²) in [5.41, 5.74) is 3.21. The fourth-order valence-corrected chi connectivity index (χ4v) is 3.29. The maximum Gasteiger partial charge on any atom is 0.317 e. The Labute approximate surface area is 164 Å². The van der Waals surface area contributed by atoms with Gasteiger partial charge in [-0.3, -0.25) is 4.79 Å². The van der Waals surface area contributed by atoms with E-state index in [0.29, 0.717) is 44.2 Å². The Hall–Kier alpha value is -2.53. The zero-order chi connectivity index (χ0) is 19.2. The fourth-order valence-electron chi connectivity index (χ4n) is 3.16. The van der Waals surface area contributed by atoms with Crippen LogP contribution in [0.2, 0.25) is 5.02 Å². The monoisotopic (exact) mass is 385 g/mol. The van der Waals surface area contributed by atoms with Crippen LogP contribution in [-0.2, 0) is 17.8 Å². The quantitative estimate of drug-likeness (QED) is 0.878. The van der Waals surface area contributed by atoms with Crippen molar-refractivity contribution in [1.29, 1.82) is 0 Å². The Morgan fingerprint density at radius 2 is 1.63 bits per heavy atom. The van der Waals surface area contributed by atoms with Gasteiger partial charge in [-0.25, -0.2) is 4.79 Å². The van der Waals surface area contributed by atoms with Gasteiger partial charge in [0.25, 0.3) is 0 Å². The topological polar surface area (TPSA) is 52.7 Å². The largest absolute Gasteiger partial charge is 0.339 e. The van der Waals surface area contributed by atoms with Crippen molar-refractivity contribution in [2.75, 3.05) is 26.2 Å². The van der Waals surface area contributed by atoms with E-state index >= 15 is 0 Å². The highest BCUT2D eigenvalue weighted by atomic mass is 35.5. The summed E-state index contributed by atoms with van der Waals surface area (Å²) in [7, 11) is 0. The summed E-state index contributed by atoms with van der Waals surface area (Å²) in [6, 6.07) is 15.3. The van der Waals surface area contributed by atoms with Crippen LogP contribution in [0.5, 0.6) is 0 Å². The number of amides is 3. The molecule has 27 heavy (non-hydrogen) atoms. The number of hydrogen-bond donors (Lipinski definition) is 1. The molecule has 0 atom stereocenters. The molecule has 6 heteroatoms. The lowest BCUT2D eigenvalue weighted by Gasteiger charge is -2.34. The van der Waals surface area contributed by atoms with Crippen molar-refractivity contribution < 1.29 is 9.59 Å². The number of carbonyl (C=O) groups is 2. The molecule has 5 nitrogen and oxygen atoms in total. The van der Waals surface area contributed by atoms with Crippen molar-refractivity contribution in [1.82, 2.24) is 15.1 Å². The number of halogens is 1. The van der Waals surface area contributed by atoms with Gasteiger partial charge < -0.3 is 15.1 Å². The molecule has 3 rings (SSSR count). The normalized spacial score (nSPS) is 14.1. The summed E-state index contributed by atoms with van der Waals surface area (Å²) in [4.78, 5) is 28.4. The van der Waals surface area contributed by atoms with Gasteiger partial charge in [0.1, 0.15) is 0 Å². The highest BCUT2D eigenvalue weighted by molar-refractivity contribution is 6.30. The maximum atomic E-state index is 12.4. The third-order valence-corrected chi connectivity index (χ3v) is 4.97. The number of nitrogens with zero attached hydrogens (tertiary/aromatic N) is 2. The zero-order valence-electron chi connectivity index (χ0n) is 15.5. The van der Waals surface area contributed by atoms with Crippen molar-refractivity contribution in [3.05, 3.63) is 70.2 Å². The minimum absolute atomic E-state index is 0.0807. The van der Waals surface area contributed by atoms with Gasteiger partial charge in [0.2, 0.25) is 5.91 Å². The van der Waals surface area contributed by atoms with Crippen LogP contribution >= 0.6 is 11.6 Å². The Morgan fingerprint density at radius 1 is 0.963 bits per heavy atom. The second-order valence-electron chi connectivity index (χ2n) is 6.82. The molecule has 0 spiro atoms. The minimum atomic E-state index is -0.0821. The molecular formula is C21H24ClN3O2. The summed E-state index contributed by atoms with van der Waals surface area (Å²) in [6.45, 7) is 4.76. The lowest BCUT2D eigenvalue weighted by molar-refractivity contribution is -0.131. The number of aryl methyl sites for hydroxylation is 1. The third-order valence-electron chi connectivity index (χ3n) is 4.71. The first-order valence-electron chi connectivity index (χ1n) is 9.12. The first kappa shape index (κ1) is 19.2. The second kappa shape index (κ2) is 8.91. The van der Waals surface area contributed by atoms with E-state index in [2.05, 4.69) is 11.4 Å². The third kappa shape index (κ3) is 5.47.